The summed E-state index contributed by atoms with van der Waals surface area (Å²) in [5, 5.41) is 20.4. The van der Waals surface area contributed by atoms with E-state index < -0.39 is 6.10 Å². The molecule has 0 radical (unpaired) electrons. The molecule has 23 heavy (non-hydrogen) atoms. The largest absolute Gasteiger partial charge is 0.392 e. The van der Waals surface area contributed by atoms with Crippen molar-refractivity contribution in [2.75, 3.05) is 0 Å². The first kappa shape index (κ1) is 18.4. The van der Waals surface area contributed by atoms with Crippen LogP contribution in [0, 0.1) is 23.7 Å². The molecule has 0 spiro atoms. The Morgan fingerprint density at radius 1 is 1.35 bits per heavy atom. The molecule has 2 aliphatic rings. The molecule has 2 N–H and O–H groups in total. The number of aliphatic hydroxyl groups excluding tert-OH is 2. The fraction of sp³-hybridized carbons (Fsp3) is 0.750. The minimum Gasteiger partial charge on any atom is -0.392 e. The molecule has 0 aromatic heterocycles. The maximum absolute atomic E-state index is 11.6. The number of hydrogen-bond donors (Lipinski definition) is 2. The van der Waals surface area contributed by atoms with E-state index in [0.29, 0.717) is 30.5 Å². The fourth-order valence-corrected chi connectivity index (χ4v) is 4.21. The van der Waals surface area contributed by atoms with Gasteiger partial charge in [-0.25, -0.2) is 0 Å². The Morgan fingerprint density at radius 2 is 2.09 bits per heavy atom. The number of carbonyl (C=O) groups is 1. The maximum Gasteiger partial charge on any atom is 0.133 e. The van der Waals surface area contributed by atoms with Gasteiger partial charge >= 0.3 is 0 Å². The molecule has 0 heterocycles. The molecule has 2 saturated carbocycles. The van der Waals surface area contributed by atoms with E-state index in [-0.39, 0.29) is 17.9 Å². The molecule has 3 nitrogen and oxygen atoms in total. The highest BCUT2D eigenvalue weighted by Gasteiger charge is 2.46. The van der Waals surface area contributed by atoms with Crippen LogP contribution in [0.25, 0.3) is 0 Å². The number of fused-ring (bicyclic) bond motifs is 1. The van der Waals surface area contributed by atoms with Crippen molar-refractivity contribution in [3.8, 4) is 0 Å². The minimum absolute atomic E-state index is 0.0436. The zero-order chi connectivity index (χ0) is 17.0. The number of hydrogen-bond acceptors (Lipinski definition) is 3. The van der Waals surface area contributed by atoms with E-state index in [2.05, 4.69) is 26.8 Å². The van der Waals surface area contributed by atoms with E-state index >= 15 is 0 Å². The van der Waals surface area contributed by atoms with E-state index in [1.807, 2.05) is 12.2 Å². The van der Waals surface area contributed by atoms with Crippen LogP contribution in [-0.2, 0) is 4.79 Å². The SMILES string of the molecule is CC(C)=CCCC(C)CC(O)C=CC1C(O)CC2CC(=O)CC21. The van der Waals surface area contributed by atoms with Gasteiger partial charge in [-0.15, -0.1) is 0 Å². The van der Waals surface area contributed by atoms with Gasteiger partial charge in [0, 0.05) is 18.8 Å². The van der Waals surface area contributed by atoms with Gasteiger partial charge in [-0.3, -0.25) is 4.79 Å². The molecule has 0 aromatic carbocycles. The van der Waals surface area contributed by atoms with Crippen molar-refractivity contribution in [3.63, 3.8) is 0 Å². The molecule has 2 fully saturated rings. The summed E-state index contributed by atoms with van der Waals surface area (Å²) in [6.45, 7) is 6.39. The van der Waals surface area contributed by atoms with Crippen molar-refractivity contribution in [3.05, 3.63) is 23.8 Å². The molecule has 6 atom stereocenters. The number of Topliss-reactive ketones (excluding diaryl/α,β-unsaturated/α-hetero) is 1. The van der Waals surface area contributed by atoms with Crippen molar-refractivity contribution >= 4 is 5.78 Å². The molecule has 0 saturated heterocycles. The lowest BCUT2D eigenvalue weighted by atomic mass is 9.90. The molecule has 0 bridgehead atoms. The maximum atomic E-state index is 11.6. The second-order valence-corrected chi connectivity index (χ2v) is 7.90. The van der Waals surface area contributed by atoms with Gasteiger partial charge in [0.25, 0.3) is 0 Å². The van der Waals surface area contributed by atoms with Crippen LogP contribution < -0.4 is 0 Å². The summed E-state index contributed by atoms with van der Waals surface area (Å²) >= 11 is 0. The van der Waals surface area contributed by atoms with Crippen LogP contribution in [0.5, 0.6) is 0 Å². The normalized spacial score (nSPS) is 33.0. The summed E-state index contributed by atoms with van der Waals surface area (Å²) in [5.74, 6) is 1.49. The molecule has 2 rings (SSSR count). The van der Waals surface area contributed by atoms with Gasteiger partial charge in [-0.2, -0.15) is 0 Å². The van der Waals surface area contributed by atoms with Crippen molar-refractivity contribution in [1.82, 2.24) is 0 Å². The lowest BCUT2D eigenvalue weighted by Gasteiger charge is -2.18. The Balaban J connectivity index is 1.80. The average Bonchev–Trinajstić information content (AvgIpc) is 2.91. The first-order valence-corrected chi connectivity index (χ1v) is 9.06. The zero-order valence-corrected chi connectivity index (χ0v) is 14.7. The topological polar surface area (TPSA) is 57.5 Å². The van der Waals surface area contributed by atoms with Gasteiger partial charge < -0.3 is 10.2 Å². The molecular formula is C20H32O3. The molecule has 0 aromatic rings. The molecule has 3 heteroatoms. The van der Waals surface area contributed by atoms with Crippen LogP contribution in [-0.4, -0.2) is 28.2 Å². The van der Waals surface area contributed by atoms with Gasteiger partial charge in [0.1, 0.15) is 5.78 Å². The highest BCUT2D eigenvalue weighted by molar-refractivity contribution is 5.81. The predicted octanol–water partition coefficient (Wildman–Crippen LogP) is 3.65. The number of rotatable bonds is 7. The van der Waals surface area contributed by atoms with E-state index in [0.717, 1.165) is 25.7 Å². The highest BCUT2D eigenvalue weighted by Crippen LogP contribution is 2.46. The third-order valence-corrected chi connectivity index (χ3v) is 5.45. The summed E-state index contributed by atoms with van der Waals surface area (Å²) < 4.78 is 0. The van der Waals surface area contributed by atoms with Crippen LogP contribution in [0.1, 0.15) is 59.3 Å². The molecule has 130 valence electrons. The Kier molecular flexibility index (Phi) is 6.60. The summed E-state index contributed by atoms with van der Waals surface area (Å²) in [6, 6.07) is 0. The number of carbonyl (C=O) groups excluding carboxylic acids is 1. The smallest absolute Gasteiger partial charge is 0.133 e. The Morgan fingerprint density at radius 3 is 2.78 bits per heavy atom. The van der Waals surface area contributed by atoms with Crippen LogP contribution in [0.2, 0.25) is 0 Å². The molecule has 2 aliphatic carbocycles. The lowest BCUT2D eigenvalue weighted by molar-refractivity contribution is -0.118. The summed E-state index contributed by atoms with van der Waals surface area (Å²) in [5.41, 5.74) is 1.34. The van der Waals surface area contributed by atoms with E-state index in [9.17, 15) is 15.0 Å². The first-order valence-electron chi connectivity index (χ1n) is 9.06. The van der Waals surface area contributed by atoms with Crippen molar-refractivity contribution < 1.29 is 15.0 Å². The van der Waals surface area contributed by atoms with Crippen LogP contribution >= 0.6 is 0 Å². The van der Waals surface area contributed by atoms with Gasteiger partial charge in [0.2, 0.25) is 0 Å². The minimum atomic E-state index is -0.458. The van der Waals surface area contributed by atoms with E-state index in [1.54, 1.807) is 0 Å². The van der Waals surface area contributed by atoms with E-state index in [1.165, 1.54) is 5.57 Å². The summed E-state index contributed by atoms with van der Waals surface area (Å²) in [6.07, 6.45) is 10.1. The predicted molar refractivity (Wildman–Crippen MR) is 92.9 cm³/mol. The second-order valence-electron chi connectivity index (χ2n) is 7.90. The Bertz CT molecular complexity index is 462. The van der Waals surface area contributed by atoms with Crippen molar-refractivity contribution in [1.29, 1.82) is 0 Å². The first-order chi connectivity index (χ1) is 10.9. The monoisotopic (exact) mass is 320 g/mol. The third-order valence-electron chi connectivity index (χ3n) is 5.45. The van der Waals surface area contributed by atoms with Crippen molar-refractivity contribution in [2.24, 2.45) is 23.7 Å². The van der Waals surface area contributed by atoms with Gasteiger partial charge in [-0.1, -0.05) is 30.7 Å². The zero-order valence-electron chi connectivity index (χ0n) is 14.7. The molecule has 0 aliphatic heterocycles. The number of ketones is 1. The molecule has 0 amide bonds. The standard InChI is InChI=1S/C20H32O3/c1-13(2)5-4-6-14(3)9-16(21)7-8-18-19-12-17(22)10-15(19)11-20(18)23/h5,7-8,14-16,18-21,23H,4,6,9-12H2,1-3H3. The summed E-state index contributed by atoms with van der Waals surface area (Å²) in [4.78, 5) is 11.6. The lowest BCUT2D eigenvalue weighted by Crippen LogP contribution is -2.18. The second kappa shape index (κ2) is 8.25. The highest BCUT2D eigenvalue weighted by atomic mass is 16.3. The van der Waals surface area contributed by atoms with Crippen LogP contribution in [0.4, 0.5) is 0 Å². The number of allylic oxidation sites excluding steroid dienone is 2. The Labute approximate surface area is 140 Å². The fourth-order valence-electron chi connectivity index (χ4n) is 4.21. The van der Waals surface area contributed by atoms with Crippen LogP contribution in [0.3, 0.4) is 0 Å². The third kappa shape index (κ3) is 5.29. The van der Waals surface area contributed by atoms with Gasteiger partial charge in [0.15, 0.2) is 0 Å². The van der Waals surface area contributed by atoms with Gasteiger partial charge in [-0.05, 0) is 57.3 Å². The molecule has 6 unspecified atom stereocenters. The average molecular weight is 320 g/mol. The summed E-state index contributed by atoms with van der Waals surface area (Å²) in [7, 11) is 0. The number of aliphatic hydroxyl groups is 2. The van der Waals surface area contributed by atoms with Crippen LogP contribution in [0.15, 0.2) is 23.8 Å². The van der Waals surface area contributed by atoms with Crippen molar-refractivity contribution in [2.45, 2.75) is 71.5 Å². The van der Waals surface area contributed by atoms with Gasteiger partial charge in [0.05, 0.1) is 12.2 Å². The Hall–Kier alpha value is -0.930. The van der Waals surface area contributed by atoms with E-state index in [4.69, 9.17) is 0 Å². The molecular weight excluding hydrogens is 288 g/mol. The quantitative estimate of drug-likeness (QED) is 0.704.